The van der Waals surface area contributed by atoms with E-state index < -0.39 is 17.8 Å². The van der Waals surface area contributed by atoms with Gasteiger partial charge >= 0.3 is 12.0 Å². The lowest BCUT2D eigenvalue weighted by Gasteiger charge is -2.18. The molecule has 0 unspecified atom stereocenters. The molecule has 2 amide bonds. The van der Waals surface area contributed by atoms with Crippen molar-refractivity contribution in [3.05, 3.63) is 70.9 Å². The summed E-state index contributed by atoms with van der Waals surface area (Å²) < 4.78 is 25.7. The van der Waals surface area contributed by atoms with Crippen LogP contribution < -0.4 is 36.3 Å². The molecule has 1 aromatic heterocycles. The van der Waals surface area contributed by atoms with Crippen molar-refractivity contribution in [2.24, 2.45) is 5.73 Å². The lowest BCUT2D eigenvalue weighted by Crippen LogP contribution is -2.35. The number of halogens is 1. The van der Waals surface area contributed by atoms with Gasteiger partial charge in [-0.15, -0.1) is 0 Å². The largest absolute Gasteiger partial charge is 0.493 e. The molecule has 4 rings (SSSR count). The van der Waals surface area contributed by atoms with Crippen molar-refractivity contribution in [2.75, 3.05) is 24.5 Å². The lowest BCUT2D eigenvalue weighted by molar-refractivity contribution is 0.0697. The summed E-state index contributed by atoms with van der Waals surface area (Å²) in [7, 11) is 2.76. The van der Waals surface area contributed by atoms with E-state index in [2.05, 4.69) is 26.3 Å². The predicted molar refractivity (Wildman–Crippen MR) is 127 cm³/mol. The number of carboxylic acids is 1. The first-order chi connectivity index (χ1) is 17.2. The van der Waals surface area contributed by atoms with E-state index in [1.165, 1.54) is 20.3 Å². The van der Waals surface area contributed by atoms with Crippen LogP contribution >= 0.6 is 0 Å². The molecule has 1 saturated heterocycles. The van der Waals surface area contributed by atoms with Gasteiger partial charge in [-0.2, -0.15) is 10.1 Å². The number of carboxylic acid groups (broad SMARTS) is 1. The van der Waals surface area contributed by atoms with E-state index in [0.29, 0.717) is 11.3 Å². The fourth-order valence-corrected chi connectivity index (χ4v) is 3.42. The number of ether oxygens (including phenoxy) is 2. The maximum atomic E-state index is 15.3. The second-order valence-corrected chi connectivity index (χ2v) is 7.37. The minimum Gasteiger partial charge on any atom is -0.493 e. The summed E-state index contributed by atoms with van der Waals surface area (Å²) in [5, 5.41) is 29.6. The molecule has 2 heterocycles. The van der Waals surface area contributed by atoms with Crippen LogP contribution in [0.3, 0.4) is 0 Å². The Morgan fingerprint density at radius 1 is 1.17 bits per heavy atom. The van der Waals surface area contributed by atoms with Crippen molar-refractivity contribution in [1.29, 1.82) is 5.41 Å². The molecule has 14 heteroatoms. The van der Waals surface area contributed by atoms with Crippen molar-refractivity contribution in [2.45, 2.75) is 0 Å². The summed E-state index contributed by atoms with van der Waals surface area (Å²) in [6.45, 7) is 0. The Morgan fingerprint density at radius 2 is 1.83 bits per heavy atom. The highest BCUT2D eigenvalue weighted by atomic mass is 19.1. The Labute approximate surface area is 203 Å². The van der Waals surface area contributed by atoms with E-state index in [-0.39, 0.29) is 45.8 Å². The Morgan fingerprint density at radius 3 is 2.44 bits per heavy atom. The number of amides is 2. The van der Waals surface area contributed by atoms with E-state index in [0.717, 1.165) is 17.3 Å². The third kappa shape index (κ3) is 4.42. The molecule has 1 fully saturated rings. The van der Waals surface area contributed by atoms with Gasteiger partial charge in [0.1, 0.15) is 17.2 Å². The maximum Gasteiger partial charge on any atom is 0.347 e. The summed E-state index contributed by atoms with van der Waals surface area (Å²) in [4.78, 5) is 24.3. The zero-order chi connectivity index (χ0) is 26.0. The first kappa shape index (κ1) is 23.9. The zero-order valence-corrected chi connectivity index (χ0v) is 19.0. The number of nitrogens with zero attached hydrogens (tertiary/aromatic N) is 2. The van der Waals surface area contributed by atoms with Crippen LogP contribution in [0.1, 0.15) is 21.5 Å². The van der Waals surface area contributed by atoms with Gasteiger partial charge in [0.2, 0.25) is 0 Å². The van der Waals surface area contributed by atoms with Crippen LogP contribution in [0.5, 0.6) is 11.5 Å². The van der Waals surface area contributed by atoms with E-state index in [4.69, 9.17) is 20.6 Å². The minimum absolute atomic E-state index is 0.00369. The van der Waals surface area contributed by atoms with Crippen molar-refractivity contribution in [1.82, 2.24) is 20.9 Å². The third-order valence-electron chi connectivity index (χ3n) is 5.19. The van der Waals surface area contributed by atoms with E-state index in [9.17, 15) is 14.7 Å². The average molecular weight is 496 g/mol. The van der Waals surface area contributed by atoms with Crippen molar-refractivity contribution in [3.63, 3.8) is 0 Å². The zero-order valence-electron chi connectivity index (χ0n) is 19.0. The van der Waals surface area contributed by atoms with E-state index >= 15 is 4.39 Å². The molecule has 0 saturated carbocycles. The summed E-state index contributed by atoms with van der Waals surface area (Å²) in [6, 6.07) is 8.17. The van der Waals surface area contributed by atoms with Gasteiger partial charge < -0.3 is 25.6 Å². The number of nitrogens with two attached hydrogens (primary N) is 1. The van der Waals surface area contributed by atoms with Gasteiger partial charge in [0, 0.05) is 22.9 Å². The molecule has 2 aromatic carbocycles. The number of hydrazine groups is 1. The highest BCUT2D eigenvalue weighted by Crippen LogP contribution is 2.34. The molecule has 1 aliphatic rings. The number of aromatic carboxylic acids is 1. The topological polar surface area (TPSA) is 191 Å². The van der Waals surface area contributed by atoms with Gasteiger partial charge in [-0.1, -0.05) is 0 Å². The van der Waals surface area contributed by atoms with Crippen molar-refractivity contribution in [3.8, 4) is 11.5 Å². The number of amidine groups is 1. The second-order valence-electron chi connectivity index (χ2n) is 7.37. The Kier molecular flexibility index (Phi) is 6.32. The Bertz CT molecular complexity index is 1390. The van der Waals surface area contributed by atoms with E-state index in [1.807, 2.05) is 0 Å². The molecule has 8 N–H and O–H groups in total. The third-order valence-corrected chi connectivity index (χ3v) is 5.19. The number of nitrogen functional groups attached to an aromatic ring is 1. The SMILES string of the molecule is COc1cc(F)c(C(Nc2ccc(C(=N)N)cc2)=C2NC(=O)N(c3[nH]ncc3C(=O)O)N2)cc1OC. The molecule has 0 spiro atoms. The molecular weight excluding hydrogens is 475 g/mol. The number of hydrogen-bond donors (Lipinski definition) is 7. The smallest absolute Gasteiger partial charge is 0.347 e. The van der Waals surface area contributed by atoms with Crippen LogP contribution in [0.25, 0.3) is 5.70 Å². The van der Waals surface area contributed by atoms with Gasteiger partial charge in [-0.25, -0.2) is 14.0 Å². The standard InChI is InChI=1S/C22H21FN8O5/c1-35-15-7-12(14(23)8-16(15)36-2)17(27-11-5-3-10(4-6-11)18(24)25)19-28-22(34)31(30-19)20-13(21(32)33)9-26-29-20/h3-9,27,30H,1-2H3,(H3,24,25)(H,26,29)(H,28,34)(H,32,33). The van der Waals surface area contributed by atoms with Gasteiger partial charge in [0.15, 0.2) is 23.1 Å². The fraction of sp³-hybridized carbons (Fsp3) is 0.0909. The van der Waals surface area contributed by atoms with Crippen LogP contribution in [0, 0.1) is 11.2 Å². The maximum absolute atomic E-state index is 15.3. The minimum atomic E-state index is -1.30. The number of carbonyl (C=O) groups is 2. The number of methoxy groups -OCH3 is 2. The number of carbonyl (C=O) groups excluding carboxylic acids is 1. The van der Waals surface area contributed by atoms with Crippen LogP contribution in [0.15, 0.2) is 48.4 Å². The highest BCUT2D eigenvalue weighted by molar-refractivity contribution is 6.02. The molecule has 0 atom stereocenters. The van der Waals surface area contributed by atoms with Crippen LogP contribution in [0.2, 0.25) is 0 Å². The first-order valence-corrected chi connectivity index (χ1v) is 10.3. The molecule has 0 bridgehead atoms. The van der Waals surface area contributed by atoms with Gasteiger partial charge in [-0.3, -0.25) is 21.3 Å². The highest BCUT2D eigenvalue weighted by Gasteiger charge is 2.33. The molecule has 1 aliphatic heterocycles. The Hall–Kier alpha value is -5.27. The molecule has 3 aromatic rings. The number of hydrogen-bond acceptors (Lipinski definition) is 8. The molecule has 36 heavy (non-hydrogen) atoms. The summed E-state index contributed by atoms with van der Waals surface area (Å²) in [5.41, 5.74) is 9.02. The number of urea groups is 1. The number of benzene rings is 2. The lowest BCUT2D eigenvalue weighted by atomic mass is 10.1. The second kappa shape index (κ2) is 9.54. The summed E-state index contributed by atoms with van der Waals surface area (Å²) >= 11 is 0. The molecule has 186 valence electrons. The number of nitrogens with one attached hydrogen (secondary N) is 5. The number of H-pyrrole nitrogens is 1. The van der Waals surface area contributed by atoms with Crippen molar-refractivity contribution >= 4 is 35.0 Å². The fourth-order valence-electron chi connectivity index (χ4n) is 3.42. The van der Waals surface area contributed by atoms with Gasteiger partial charge in [0.25, 0.3) is 0 Å². The molecule has 13 nitrogen and oxygen atoms in total. The quantitative estimate of drug-likeness (QED) is 0.181. The van der Waals surface area contributed by atoms with Gasteiger partial charge in [-0.05, 0) is 30.3 Å². The Balaban J connectivity index is 1.82. The normalized spacial score (nSPS) is 14.1. The number of aromatic nitrogens is 2. The van der Waals surface area contributed by atoms with Gasteiger partial charge in [0.05, 0.1) is 26.1 Å². The predicted octanol–water partition coefficient (Wildman–Crippen LogP) is 2.02. The number of anilines is 2. The average Bonchev–Trinajstić information content (AvgIpc) is 3.49. The van der Waals surface area contributed by atoms with Crippen LogP contribution in [-0.2, 0) is 0 Å². The number of rotatable bonds is 8. The van der Waals surface area contributed by atoms with Crippen LogP contribution in [-0.4, -0.2) is 47.4 Å². The molecular formula is C22H21FN8O5. The first-order valence-electron chi connectivity index (χ1n) is 10.3. The summed E-state index contributed by atoms with van der Waals surface area (Å²) in [6.07, 6.45) is 1.05. The monoisotopic (exact) mass is 496 g/mol. The number of aromatic amines is 1. The van der Waals surface area contributed by atoms with Crippen molar-refractivity contribution < 1.29 is 28.6 Å². The molecule has 0 aliphatic carbocycles. The van der Waals surface area contributed by atoms with E-state index in [1.54, 1.807) is 24.3 Å². The van der Waals surface area contributed by atoms with Crippen LogP contribution in [0.4, 0.5) is 20.7 Å². The molecule has 0 radical (unpaired) electrons. The summed E-state index contributed by atoms with van der Waals surface area (Å²) in [5.74, 6) is -1.88.